The molecule has 0 unspecified atom stereocenters. The van der Waals surface area contributed by atoms with Gasteiger partial charge in [-0.1, -0.05) is 0 Å². The number of carboxylic acids is 1. The lowest BCUT2D eigenvalue weighted by molar-refractivity contribution is 0.0693. The molecule has 0 amide bonds. The zero-order chi connectivity index (χ0) is 11.6. The average Bonchev–Trinajstić information content (AvgIpc) is 2.16. The van der Waals surface area contributed by atoms with Crippen LogP contribution >= 0.6 is 22.6 Å². The first-order valence-corrected chi connectivity index (χ1v) is 4.81. The van der Waals surface area contributed by atoms with E-state index >= 15 is 0 Å². The van der Waals surface area contributed by atoms with E-state index in [9.17, 15) is 13.6 Å². The van der Waals surface area contributed by atoms with Gasteiger partial charge in [0.05, 0.1) is 12.7 Å². The van der Waals surface area contributed by atoms with Crippen LogP contribution < -0.4 is 4.74 Å². The quantitative estimate of drug-likeness (QED) is 0.683. The van der Waals surface area contributed by atoms with Crippen LogP contribution in [0.1, 0.15) is 22.5 Å². The Morgan fingerprint density at radius 2 is 2.27 bits per heavy atom. The van der Waals surface area contributed by atoms with Crippen molar-refractivity contribution in [2.45, 2.75) is 6.43 Å². The maximum Gasteiger partial charge on any atom is 0.338 e. The SMILES string of the molecule is COc1cc(C(=O)O)c(I)nc1C(F)F. The van der Waals surface area contributed by atoms with Crippen LogP contribution in [0.2, 0.25) is 0 Å². The van der Waals surface area contributed by atoms with E-state index in [4.69, 9.17) is 5.11 Å². The van der Waals surface area contributed by atoms with Gasteiger partial charge in [0, 0.05) is 0 Å². The third kappa shape index (κ3) is 2.52. The van der Waals surface area contributed by atoms with Gasteiger partial charge in [-0.25, -0.2) is 18.6 Å². The highest BCUT2D eigenvalue weighted by atomic mass is 127. The first kappa shape index (κ1) is 12.1. The van der Waals surface area contributed by atoms with Crippen molar-refractivity contribution in [3.63, 3.8) is 0 Å². The molecule has 0 spiro atoms. The molecular formula is C8H6F2INO3. The first-order chi connectivity index (χ1) is 6.97. The van der Waals surface area contributed by atoms with Crippen LogP contribution in [-0.4, -0.2) is 23.2 Å². The molecule has 7 heteroatoms. The van der Waals surface area contributed by atoms with Gasteiger partial charge in [-0.2, -0.15) is 0 Å². The number of carbonyl (C=O) groups is 1. The molecule has 0 atom stereocenters. The minimum Gasteiger partial charge on any atom is -0.495 e. The van der Waals surface area contributed by atoms with E-state index in [1.807, 2.05) is 0 Å². The highest BCUT2D eigenvalue weighted by Gasteiger charge is 2.21. The van der Waals surface area contributed by atoms with Crippen LogP contribution in [0.25, 0.3) is 0 Å². The Hall–Kier alpha value is -0.990. The Labute approximate surface area is 97.4 Å². The van der Waals surface area contributed by atoms with Gasteiger partial charge in [-0.3, -0.25) is 0 Å². The summed E-state index contributed by atoms with van der Waals surface area (Å²) in [5.41, 5.74) is -0.705. The Morgan fingerprint density at radius 1 is 1.67 bits per heavy atom. The predicted molar refractivity (Wildman–Crippen MR) is 55.4 cm³/mol. The molecule has 1 aromatic rings. The van der Waals surface area contributed by atoms with Crippen molar-refractivity contribution >= 4 is 28.6 Å². The summed E-state index contributed by atoms with van der Waals surface area (Å²) in [5.74, 6) is -1.45. The second kappa shape index (κ2) is 4.69. The van der Waals surface area contributed by atoms with E-state index in [-0.39, 0.29) is 15.0 Å². The Kier molecular flexibility index (Phi) is 3.77. The summed E-state index contributed by atoms with van der Waals surface area (Å²) in [6, 6.07) is 1.04. The third-order valence-corrected chi connectivity index (χ3v) is 2.45. The molecule has 0 aliphatic rings. The number of aromatic carboxylic acids is 1. The van der Waals surface area contributed by atoms with Crippen LogP contribution in [0.3, 0.4) is 0 Å². The topological polar surface area (TPSA) is 59.4 Å². The summed E-state index contributed by atoms with van der Waals surface area (Å²) in [6.45, 7) is 0. The van der Waals surface area contributed by atoms with Gasteiger partial charge in [-0.05, 0) is 28.7 Å². The minimum atomic E-state index is -2.80. The lowest BCUT2D eigenvalue weighted by Crippen LogP contribution is -2.06. The maximum atomic E-state index is 12.4. The fraction of sp³-hybridized carbons (Fsp3) is 0.250. The molecule has 0 saturated carbocycles. The molecule has 0 aliphatic carbocycles. The van der Waals surface area contributed by atoms with Gasteiger partial charge in [0.25, 0.3) is 6.43 Å². The summed E-state index contributed by atoms with van der Waals surface area (Å²) in [7, 11) is 1.18. The molecule has 1 N–H and O–H groups in total. The van der Waals surface area contributed by atoms with Gasteiger partial charge in [0.1, 0.15) is 15.1 Å². The smallest absolute Gasteiger partial charge is 0.338 e. The van der Waals surface area contributed by atoms with Crippen molar-refractivity contribution in [2.24, 2.45) is 0 Å². The van der Waals surface area contributed by atoms with Gasteiger partial charge in [0.15, 0.2) is 0 Å². The molecule has 1 rings (SSSR count). The zero-order valence-electron chi connectivity index (χ0n) is 7.50. The number of ether oxygens (including phenoxy) is 1. The highest BCUT2D eigenvalue weighted by Crippen LogP contribution is 2.29. The van der Waals surface area contributed by atoms with Crippen molar-refractivity contribution in [3.8, 4) is 5.75 Å². The van der Waals surface area contributed by atoms with E-state index in [0.29, 0.717) is 0 Å². The number of hydrogen-bond donors (Lipinski definition) is 1. The molecule has 1 aromatic heterocycles. The summed E-state index contributed by atoms with van der Waals surface area (Å²) in [4.78, 5) is 14.2. The molecule has 82 valence electrons. The lowest BCUT2D eigenvalue weighted by Gasteiger charge is -2.08. The number of nitrogens with zero attached hydrogens (tertiary/aromatic N) is 1. The Morgan fingerprint density at radius 3 is 2.67 bits per heavy atom. The predicted octanol–water partition coefficient (Wildman–Crippen LogP) is 2.33. The van der Waals surface area contributed by atoms with Gasteiger partial charge in [-0.15, -0.1) is 0 Å². The summed E-state index contributed by atoms with van der Waals surface area (Å²) in [6.07, 6.45) is -2.80. The molecule has 0 fully saturated rings. The molecule has 1 heterocycles. The van der Waals surface area contributed by atoms with E-state index in [1.54, 1.807) is 22.6 Å². The average molecular weight is 329 g/mol. The number of rotatable bonds is 3. The van der Waals surface area contributed by atoms with E-state index < -0.39 is 18.1 Å². The maximum absolute atomic E-state index is 12.4. The molecule has 0 aliphatic heterocycles. The number of aromatic nitrogens is 1. The minimum absolute atomic E-state index is 0.0104. The van der Waals surface area contributed by atoms with Crippen molar-refractivity contribution in [1.29, 1.82) is 0 Å². The number of hydrogen-bond acceptors (Lipinski definition) is 3. The van der Waals surface area contributed by atoms with Crippen molar-refractivity contribution < 1.29 is 23.4 Å². The Balaban J connectivity index is 3.35. The largest absolute Gasteiger partial charge is 0.495 e. The number of alkyl halides is 2. The number of carboxylic acid groups (broad SMARTS) is 1. The molecule has 15 heavy (non-hydrogen) atoms. The van der Waals surface area contributed by atoms with Crippen LogP contribution in [0.5, 0.6) is 5.75 Å². The molecule has 4 nitrogen and oxygen atoms in total. The molecule has 0 aromatic carbocycles. The molecular weight excluding hydrogens is 323 g/mol. The fourth-order valence-corrected chi connectivity index (χ4v) is 1.60. The van der Waals surface area contributed by atoms with Gasteiger partial charge in [0.2, 0.25) is 0 Å². The summed E-state index contributed by atoms with van der Waals surface area (Å²) < 4.78 is 29.5. The fourth-order valence-electron chi connectivity index (χ4n) is 0.955. The highest BCUT2D eigenvalue weighted by molar-refractivity contribution is 14.1. The third-order valence-electron chi connectivity index (χ3n) is 1.63. The number of pyridine rings is 1. The van der Waals surface area contributed by atoms with Crippen LogP contribution in [0, 0.1) is 3.70 Å². The normalized spacial score (nSPS) is 10.5. The molecule has 0 bridgehead atoms. The molecule has 0 radical (unpaired) electrons. The van der Waals surface area contributed by atoms with Crippen LogP contribution in [0.4, 0.5) is 8.78 Å². The summed E-state index contributed by atoms with van der Waals surface area (Å²) in [5, 5.41) is 8.73. The van der Waals surface area contributed by atoms with E-state index in [2.05, 4.69) is 9.72 Å². The zero-order valence-corrected chi connectivity index (χ0v) is 9.66. The van der Waals surface area contributed by atoms with Crippen LogP contribution in [-0.2, 0) is 0 Å². The van der Waals surface area contributed by atoms with Gasteiger partial charge < -0.3 is 9.84 Å². The lowest BCUT2D eigenvalue weighted by atomic mass is 10.2. The van der Waals surface area contributed by atoms with Crippen molar-refractivity contribution in [1.82, 2.24) is 4.98 Å². The van der Waals surface area contributed by atoms with Crippen molar-refractivity contribution in [2.75, 3.05) is 7.11 Å². The standard InChI is InChI=1S/C8H6F2INO3/c1-15-4-2-3(8(13)14)7(11)12-5(4)6(9)10/h2,6H,1H3,(H,13,14). The number of halogens is 3. The number of methoxy groups -OCH3 is 1. The van der Waals surface area contributed by atoms with Crippen LogP contribution in [0.15, 0.2) is 6.07 Å². The van der Waals surface area contributed by atoms with Crippen molar-refractivity contribution in [3.05, 3.63) is 21.0 Å². The first-order valence-electron chi connectivity index (χ1n) is 3.73. The Bertz CT molecular complexity index is 398. The second-order valence-electron chi connectivity index (χ2n) is 2.52. The van der Waals surface area contributed by atoms with Gasteiger partial charge >= 0.3 is 5.97 Å². The summed E-state index contributed by atoms with van der Waals surface area (Å²) >= 11 is 1.59. The van der Waals surface area contributed by atoms with E-state index in [0.717, 1.165) is 6.07 Å². The van der Waals surface area contributed by atoms with E-state index in [1.165, 1.54) is 7.11 Å². The molecule has 0 saturated heterocycles. The second-order valence-corrected chi connectivity index (χ2v) is 3.54. The monoisotopic (exact) mass is 329 g/mol.